The number of nitrogens with zero attached hydrogens (tertiary/aromatic N) is 5. The molecule has 0 bridgehead atoms. The summed E-state index contributed by atoms with van der Waals surface area (Å²) in [7, 11) is 1.62. The van der Waals surface area contributed by atoms with Gasteiger partial charge in [-0.25, -0.2) is 4.98 Å². The second kappa shape index (κ2) is 5.01. The van der Waals surface area contributed by atoms with Crippen molar-refractivity contribution in [1.82, 2.24) is 25.2 Å². The van der Waals surface area contributed by atoms with Gasteiger partial charge in [-0.1, -0.05) is 18.9 Å². The fourth-order valence-electron chi connectivity index (χ4n) is 1.51. The smallest absolute Gasteiger partial charge is 0.270 e. The van der Waals surface area contributed by atoms with E-state index >= 15 is 0 Å². The average molecular weight is 261 g/mol. The fourth-order valence-corrected chi connectivity index (χ4v) is 1.51. The van der Waals surface area contributed by atoms with Gasteiger partial charge in [-0.05, 0) is 23.3 Å². The topological polar surface area (TPSA) is 112 Å². The van der Waals surface area contributed by atoms with Crippen molar-refractivity contribution in [2.24, 2.45) is 7.05 Å². The van der Waals surface area contributed by atoms with Crippen LogP contribution in [0.3, 0.4) is 0 Å². The molecule has 2 heterocycles. The summed E-state index contributed by atoms with van der Waals surface area (Å²) in [6.07, 6.45) is 0. The molecule has 0 aliphatic rings. The number of tetrazole rings is 1. The third-order valence-electron chi connectivity index (χ3n) is 2.45. The molecule has 0 aliphatic heterocycles. The molecule has 0 aromatic carbocycles. The molecule has 0 radical (unpaired) electrons. The van der Waals surface area contributed by atoms with E-state index in [1.165, 1.54) is 10.9 Å². The highest BCUT2D eigenvalue weighted by atomic mass is 16.1. The Hall–Kier alpha value is -2.51. The highest BCUT2D eigenvalue weighted by Crippen LogP contribution is 2.16. The van der Waals surface area contributed by atoms with Crippen LogP contribution in [0.1, 0.15) is 35.8 Å². The number of carbonyl (C=O) groups excluding carboxylic acids is 1. The van der Waals surface area contributed by atoms with Crippen LogP contribution in [0.2, 0.25) is 0 Å². The molecule has 0 fully saturated rings. The summed E-state index contributed by atoms with van der Waals surface area (Å²) in [5, 5.41) is 13.7. The first kappa shape index (κ1) is 12.9. The number of rotatable bonds is 3. The Morgan fingerprint density at radius 2 is 2.16 bits per heavy atom. The first-order valence-electron chi connectivity index (χ1n) is 5.78. The van der Waals surface area contributed by atoms with Crippen LogP contribution in [0.15, 0.2) is 12.1 Å². The van der Waals surface area contributed by atoms with Crippen molar-refractivity contribution in [2.45, 2.75) is 19.8 Å². The van der Waals surface area contributed by atoms with E-state index in [2.05, 4.69) is 25.7 Å². The predicted molar refractivity (Wildman–Crippen MR) is 69.5 cm³/mol. The number of nitrogen functional groups attached to an aromatic ring is 1. The third kappa shape index (κ3) is 3.03. The van der Waals surface area contributed by atoms with Gasteiger partial charge in [0.2, 0.25) is 0 Å². The summed E-state index contributed by atoms with van der Waals surface area (Å²) in [4.78, 5) is 17.5. The van der Waals surface area contributed by atoms with Gasteiger partial charge < -0.3 is 5.73 Å². The van der Waals surface area contributed by atoms with Crippen LogP contribution >= 0.6 is 0 Å². The van der Waals surface area contributed by atoms with Gasteiger partial charge in [0, 0.05) is 11.3 Å². The Labute approximate surface area is 110 Å². The summed E-state index contributed by atoms with van der Waals surface area (Å²) in [5.41, 5.74) is 6.88. The van der Waals surface area contributed by atoms with Crippen LogP contribution in [-0.4, -0.2) is 31.1 Å². The van der Waals surface area contributed by atoms with Gasteiger partial charge in [-0.15, -0.1) is 5.10 Å². The molecule has 0 unspecified atom stereocenters. The van der Waals surface area contributed by atoms with Gasteiger partial charge in [-0.3, -0.25) is 10.1 Å². The van der Waals surface area contributed by atoms with Crippen molar-refractivity contribution in [3.8, 4) is 0 Å². The largest absolute Gasteiger partial charge is 0.384 e. The van der Waals surface area contributed by atoms with Crippen LogP contribution in [0.25, 0.3) is 0 Å². The second-order valence-corrected chi connectivity index (χ2v) is 4.42. The highest BCUT2D eigenvalue weighted by Gasteiger charge is 2.13. The molecule has 2 rings (SSSR count). The Balaban J connectivity index is 2.23. The number of amides is 1. The van der Waals surface area contributed by atoms with Crippen molar-refractivity contribution < 1.29 is 4.79 Å². The maximum absolute atomic E-state index is 12.0. The molecule has 19 heavy (non-hydrogen) atoms. The minimum Gasteiger partial charge on any atom is -0.384 e. The second-order valence-electron chi connectivity index (χ2n) is 4.42. The van der Waals surface area contributed by atoms with Crippen LogP contribution in [-0.2, 0) is 7.05 Å². The van der Waals surface area contributed by atoms with Crippen molar-refractivity contribution in [1.29, 1.82) is 0 Å². The van der Waals surface area contributed by atoms with Crippen molar-refractivity contribution >= 4 is 17.7 Å². The van der Waals surface area contributed by atoms with Gasteiger partial charge in [-0.2, -0.15) is 4.80 Å². The highest BCUT2D eigenvalue weighted by molar-refractivity contribution is 6.03. The normalized spacial score (nSPS) is 10.7. The van der Waals surface area contributed by atoms with E-state index < -0.39 is 0 Å². The van der Waals surface area contributed by atoms with Crippen LogP contribution in [0.5, 0.6) is 0 Å². The average Bonchev–Trinajstić information content (AvgIpc) is 2.73. The SMILES string of the molecule is CC(C)c1cc(C(=O)Nc2nnn(C)n2)cc(N)n1. The summed E-state index contributed by atoms with van der Waals surface area (Å²) < 4.78 is 0. The molecule has 0 aliphatic carbocycles. The van der Waals surface area contributed by atoms with Gasteiger partial charge in [0.05, 0.1) is 7.05 Å². The Kier molecular flexibility index (Phi) is 3.41. The number of aromatic nitrogens is 5. The third-order valence-corrected chi connectivity index (χ3v) is 2.45. The quantitative estimate of drug-likeness (QED) is 0.835. The predicted octanol–water partition coefficient (Wildman–Crippen LogP) is 0.563. The molecule has 0 spiro atoms. The van der Waals surface area contributed by atoms with E-state index in [4.69, 9.17) is 5.73 Å². The lowest BCUT2D eigenvalue weighted by Crippen LogP contribution is -2.15. The summed E-state index contributed by atoms with van der Waals surface area (Å²) in [6.45, 7) is 3.96. The monoisotopic (exact) mass is 261 g/mol. The molecule has 3 N–H and O–H groups in total. The molecule has 100 valence electrons. The molecule has 8 heteroatoms. The van der Waals surface area contributed by atoms with E-state index in [9.17, 15) is 4.79 Å². The van der Waals surface area contributed by atoms with Crippen molar-refractivity contribution in [3.63, 3.8) is 0 Å². The maximum Gasteiger partial charge on any atom is 0.270 e. The van der Waals surface area contributed by atoms with E-state index in [0.717, 1.165) is 5.69 Å². The minimum atomic E-state index is -0.344. The zero-order chi connectivity index (χ0) is 14.0. The lowest BCUT2D eigenvalue weighted by Gasteiger charge is -2.08. The van der Waals surface area contributed by atoms with Gasteiger partial charge >= 0.3 is 0 Å². The van der Waals surface area contributed by atoms with E-state index in [1.54, 1.807) is 13.1 Å². The van der Waals surface area contributed by atoms with Crippen LogP contribution < -0.4 is 11.1 Å². The van der Waals surface area contributed by atoms with Crippen molar-refractivity contribution in [3.05, 3.63) is 23.4 Å². The Bertz CT molecular complexity index is 605. The number of hydrogen-bond acceptors (Lipinski definition) is 6. The van der Waals surface area contributed by atoms with Gasteiger partial charge in [0.25, 0.3) is 11.9 Å². The molecule has 0 atom stereocenters. The first-order chi connectivity index (χ1) is 8.95. The molecule has 2 aromatic heterocycles. The minimum absolute atomic E-state index is 0.147. The number of anilines is 2. The molecule has 0 saturated carbocycles. The Morgan fingerprint density at radius 3 is 2.74 bits per heavy atom. The first-order valence-corrected chi connectivity index (χ1v) is 5.78. The van der Waals surface area contributed by atoms with Crippen molar-refractivity contribution in [2.75, 3.05) is 11.1 Å². The standard InChI is InChI=1S/C11H15N7O/c1-6(2)8-4-7(5-9(12)13-8)10(19)14-11-15-17-18(3)16-11/h4-6H,1-3H3,(H2,12,13)(H,14,16,19). The molecule has 2 aromatic rings. The number of aryl methyl sites for hydroxylation is 1. The molecular formula is C11H15N7O. The van der Waals surface area contributed by atoms with Gasteiger partial charge in [0.1, 0.15) is 5.82 Å². The molecule has 0 saturated heterocycles. The maximum atomic E-state index is 12.0. The van der Waals surface area contributed by atoms with Gasteiger partial charge in [0.15, 0.2) is 0 Å². The number of carbonyl (C=O) groups is 1. The summed E-state index contributed by atoms with van der Waals surface area (Å²) in [6, 6.07) is 3.21. The zero-order valence-electron chi connectivity index (χ0n) is 11.0. The van der Waals surface area contributed by atoms with Crippen LogP contribution in [0, 0.1) is 0 Å². The fraction of sp³-hybridized carbons (Fsp3) is 0.364. The lowest BCUT2D eigenvalue weighted by atomic mass is 10.1. The molecule has 8 nitrogen and oxygen atoms in total. The summed E-state index contributed by atoms with van der Waals surface area (Å²) >= 11 is 0. The number of pyridine rings is 1. The zero-order valence-corrected chi connectivity index (χ0v) is 11.0. The summed E-state index contributed by atoms with van der Waals surface area (Å²) in [5.74, 6) is 0.297. The van der Waals surface area contributed by atoms with E-state index in [1.807, 2.05) is 13.8 Å². The number of nitrogens with one attached hydrogen (secondary N) is 1. The molecule has 1 amide bonds. The number of nitrogens with two attached hydrogens (primary N) is 1. The lowest BCUT2D eigenvalue weighted by molar-refractivity contribution is 0.102. The van der Waals surface area contributed by atoms with Crippen LogP contribution in [0.4, 0.5) is 11.8 Å². The molecular weight excluding hydrogens is 246 g/mol. The number of hydrogen-bond donors (Lipinski definition) is 2. The van der Waals surface area contributed by atoms with E-state index in [0.29, 0.717) is 11.4 Å². The van der Waals surface area contributed by atoms with E-state index in [-0.39, 0.29) is 17.8 Å². The Morgan fingerprint density at radius 1 is 1.42 bits per heavy atom.